The highest BCUT2D eigenvalue weighted by Gasteiger charge is 2.26. The molecule has 0 rings (SSSR count). The van der Waals surface area contributed by atoms with Gasteiger partial charge in [-0.05, 0) is 12.8 Å². The van der Waals surface area contributed by atoms with E-state index in [2.05, 4.69) is 6.92 Å². The van der Waals surface area contributed by atoms with Crippen molar-refractivity contribution in [3.63, 3.8) is 0 Å². The van der Waals surface area contributed by atoms with Gasteiger partial charge in [-0.2, -0.15) is 0 Å². The molecule has 0 aliphatic heterocycles. The van der Waals surface area contributed by atoms with Crippen LogP contribution in [0.15, 0.2) is 0 Å². The predicted octanol–water partition coefficient (Wildman–Crippen LogP) is 4.22. The van der Waals surface area contributed by atoms with Crippen LogP contribution in [0.25, 0.3) is 0 Å². The average Bonchev–Trinajstić information content (AvgIpc) is 2.69. The fourth-order valence-electron chi connectivity index (χ4n) is 2.63. The molecule has 0 aromatic heterocycles. The Hall–Kier alpha value is -0.990. The van der Waals surface area contributed by atoms with E-state index in [4.69, 9.17) is 18.5 Å². The summed E-state index contributed by atoms with van der Waals surface area (Å²) in [5.74, 6) is -0.854. The van der Waals surface area contributed by atoms with Crippen LogP contribution in [-0.2, 0) is 32.7 Å². The van der Waals surface area contributed by atoms with Crippen molar-refractivity contribution in [2.75, 3.05) is 47.5 Å². The topological polar surface area (TPSA) is 108 Å². The smallest absolute Gasteiger partial charge is 0.462 e. The van der Waals surface area contributed by atoms with E-state index in [9.17, 15) is 19.0 Å². The Morgan fingerprint density at radius 1 is 0.844 bits per heavy atom. The first-order chi connectivity index (χ1) is 15.0. The van der Waals surface area contributed by atoms with Gasteiger partial charge in [0.15, 0.2) is 6.10 Å². The van der Waals surface area contributed by atoms with Crippen molar-refractivity contribution < 1.29 is 42.1 Å². The third-order valence-electron chi connectivity index (χ3n) is 4.64. The minimum absolute atomic E-state index is 0.0332. The van der Waals surface area contributed by atoms with Crippen molar-refractivity contribution in [1.82, 2.24) is 0 Å². The van der Waals surface area contributed by atoms with Gasteiger partial charge in [-0.15, -0.1) is 0 Å². The Bertz CT molecular complexity index is 565. The van der Waals surface area contributed by atoms with Gasteiger partial charge in [0.05, 0.1) is 27.7 Å². The van der Waals surface area contributed by atoms with Crippen LogP contribution in [0.2, 0.25) is 0 Å². The fraction of sp³-hybridized carbons (Fsp3) is 0.909. The molecule has 0 aliphatic carbocycles. The quantitative estimate of drug-likeness (QED) is 0.119. The molecule has 9 nitrogen and oxygen atoms in total. The van der Waals surface area contributed by atoms with E-state index >= 15 is 0 Å². The second kappa shape index (κ2) is 17.5. The molecule has 0 fully saturated rings. The molecule has 0 saturated heterocycles. The zero-order chi connectivity index (χ0) is 24.5. The second-order valence-corrected chi connectivity index (χ2v) is 10.5. The highest BCUT2D eigenvalue weighted by atomic mass is 31.2. The van der Waals surface area contributed by atoms with Crippen LogP contribution >= 0.6 is 7.82 Å². The van der Waals surface area contributed by atoms with Gasteiger partial charge in [0.25, 0.3) is 0 Å². The Labute approximate surface area is 193 Å². The van der Waals surface area contributed by atoms with Gasteiger partial charge in [0.1, 0.15) is 19.8 Å². The highest BCUT2D eigenvalue weighted by Crippen LogP contribution is 2.43. The lowest BCUT2D eigenvalue weighted by Crippen LogP contribution is -2.37. The number of hydrogen-bond donors (Lipinski definition) is 1. The minimum atomic E-state index is -4.32. The van der Waals surface area contributed by atoms with Crippen LogP contribution in [0.4, 0.5) is 0 Å². The number of quaternary nitrogens is 1. The minimum Gasteiger partial charge on any atom is -0.462 e. The van der Waals surface area contributed by atoms with Crippen LogP contribution in [0.5, 0.6) is 0 Å². The van der Waals surface area contributed by atoms with Crippen LogP contribution in [0.1, 0.15) is 78.1 Å². The first-order valence-electron chi connectivity index (χ1n) is 11.8. The summed E-state index contributed by atoms with van der Waals surface area (Å²) in [6, 6.07) is 0. The lowest BCUT2D eigenvalue weighted by molar-refractivity contribution is -0.870. The number of nitrogens with zero attached hydrogens (tertiary/aromatic N) is 1. The van der Waals surface area contributed by atoms with E-state index in [0.717, 1.165) is 32.1 Å². The number of hydrogen-bond acceptors (Lipinski definition) is 7. The Balaban J connectivity index is 4.52. The first kappa shape index (κ1) is 31.0. The van der Waals surface area contributed by atoms with Crippen molar-refractivity contribution in [2.24, 2.45) is 0 Å². The van der Waals surface area contributed by atoms with Gasteiger partial charge in [0.2, 0.25) is 0 Å². The van der Waals surface area contributed by atoms with Gasteiger partial charge in [-0.3, -0.25) is 18.6 Å². The number of likely N-dealkylation sites (N-methyl/N-ethyl adjacent to an activating group) is 1. The summed E-state index contributed by atoms with van der Waals surface area (Å²) >= 11 is 0. The molecule has 0 radical (unpaired) electrons. The third-order valence-corrected chi connectivity index (χ3v) is 5.62. The standard InChI is InChI=1S/C22H44NO8P/c1-6-8-10-11-12-13-15-21(24)28-18-20(31-22(25)14-9-7-2)19-30-32(26,27)29-17-16-23(3,4)5/h20H,6-19H2,1-5H3/p+1/t20-/m1/s1. The zero-order valence-corrected chi connectivity index (χ0v) is 21.6. The zero-order valence-electron chi connectivity index (χ0n) is 20.7. The number of phosphoric ester groups is 1. The molecule has 0 aliphatic rings. The largest absolute Gasteiger partial charge is 0.472 e. The van der Waals surface area contributed by atoms with Crippen LogP contribution in [0, 0.1) is 0 Å². The summed E-state index contributed by atoms with van der Waals surface area (Å²) in [6.45, 7) is 4.02. The van der Waals surface area contributed by atoms with Gasteiger partial charge in [-0.25, -0.2) is 4.57 Å². The number of rotatable bonds is 20. The van der Waals surface area contributed by atoms with E-state index in [1.54, 1.807) is 0 Å². The molecular formula is C22H45NO8P+. The fourth-order valence-corrected chi connectivity index (χ4v) is 3.38. The van der Waals surface area contributed by atoms with Gasteiger partial charge < -0.3 is 18.9 Å². The molecule has 0 aromatic rings. The monoisotopic (exact) mass is 482 g/mol. The van der Waals surface area contributed by atoms with Crippen LogP contribution in [-0.4, -0.2) is 74.9 Å². The van der Waals surface area contributed by atoms with E-state index in [0.29, 0.717) is 17.4 Å². The number of phosphoric acid groups is 1. The van der Waals surface area contributed by atoms with E-state index in [-0.39, 0.29) is 32.0 Å². The molecule has 0 bridgehead atoms. The normalized spacial score (nSPS) is 14.6. The van der Waals surface area contributed by atoms with Crippen molar-refractivity contribution in [1.29, 1.82) is 0 Å². The van der Waals surface area contributed by atoms with Gasteiger partial charge >= 0.3 is 19.8 Å². The van der Waals surface area contributed by atoms with Crippen molar-refractivity contribution >= 4 is 19.8 Å². The first-order valence-corrected chi connectivity index (χ1v) is 13.3. The molecule has 2 atom stereocenters. The van der Waals surface area contributed by atoms with Crippen LogP contribution in [0.3, 0.4) is 0 Å². The van der Waals surface area contributed by atoms with Crippen molar-refractivity contribution in [2.45, 2.75) is 84.2 Å². The Morgan fingerprint density at radius 2 is 1.44 bits per heavy atom. The second-order valence-electron chi connectivity index (χ2n) is 9.03. The molecule has 10 heteroatoms. The number of unbranched alkanes of at least 4 members (excludes halogenated alkanes) is 6. The summed E-state index contributed by atoms with van der Waals surface area (Å²) in [7, 11) is 1.47. The summed E-state index contributed by atoms with van der Waals surface area (Å²) < 4.78 is 33.1. The maximum atomic E-state index is 12.1. The van der Waals surface area contributed by atoms with E-state index < -0.39 is 26.5 Å². The van der Waals surface area contributed by atoms with Gasteiger partial charge in [-0.1, -0.05) is 52.4 Å². The number of ether oxygens (including phenoxy) is 2. The van der Waals surface area contributed by atoms with Gasteiger partial charge in [0, 0.05) is 12.8 Å². The molecule has 1 unspecified atom stereocenters. The van der Waals surface area contributed by atoms with Crippen molar-refractivity contribution in [3.8, 4) is 0 Å². The molecule has 0 aromatic carbocycles. The summed E-state index contributed by atoms with van der Waals surface area (Å²) in [6.07, 6.45) is 7.35. The molecule has 0 heterocycles. The maximum Gasteiger partial charge on any atom is 0.472 e. The summed E-state index contributed by atoms with van der Waals surface area (Å²) in [4.78, 5) is 33.8. The Kier molecular flexibility index (Phi) is 16.9. The predicted molar refractivity (Wildman–Crippen MR) is 123 cm³/mol. The SMILES string of the molecule is CCCCCCCCC(=O)OC[C@H](COP(=O)(O)OCC[N+](C)(C)C)OC(=O)CCCC. The molecule has 1 N–H and O–H groups in total. The van der Waals surface area contributed by atoms with Crippen LogP contribution < -0.4 is 0 Å². The molecule has 0 saturated carbocycles. The molecule has 32 heavy (non-hydrogen) atoms. The lowest BCUT2D eigenvalue weighted by atomic mass is 10.1. The number of esters is 2. The highest BCUT2D eigenvalue weighted by molar-refractivity contribution is 7.47. The van der Waals surface area contributed by atoms with E-state index in [1.807, 2.05) is 28.1 Å². The molecule has 190 valence electrons. The Morgan fingerprint density at radius 3 is 2.06 bits per heavy atom. The number of carbonyl (C=O) groups is 2. The molecular weight excluding hydrogens is 437 g/mol. The lowest BCUT2D eigenvalue weighted by Gasteiger charge is -2.24. The summed E-state index contributed by atoms with van der Waals surface area (Å²) in [5.41, 5.74) is 0. The molecule has 0 spiro atoms. The maximum absolute atomic E-state index is 12.1. The summed E-state index contributed by atoms with van der Waals surface area (Å²) in [5, 5.41) is 0. The van der Waals surface area contributed by atoms with E-state index in [1.165, 1.54) is 12.8 Å². The van der Waals surface area contributed by atoms with Crippen molar-refractivity contribution in [3.05, 3.63) is 0 Å². The number of carbonyl (C=O) groups excluding carboxylic acids is 2. The average molecular weight is 483 g/mol. The molecule has 0 amide bonds. The third kappa shape index (κ3) is 19.7.